The van der Waals surface area contributed by atoms with Crippen LogP contribution < -0.4 is 0 Å². The van der Waals surface area contributed by atoms with E-state index in [0.717, 1.165) is 28.4 Å². The van der Waals surface area contributed by atoms with E-state index in [0.29, 0.717) is 18.5 Å². The number of benzene rings is 1. The second-order valence-corrected chi connectivity index (χ2v) is 5.97. The van der Waals surface area contributed by atoms with Gasteiger partial charge in [-0.05, 0) is 43.9 Å². The van der Waals surface area contributed by atoms with Crippen LogP contribution in [0.25, 0.3) is 0 Å². The lowest BCUT2D eigenvalue weighted by atomic mass is 9.91. The van der Waals surface area contributed by atoms with Gasteiger partial charge in [0.05, 0.1) is 0 Å². The van der Waals surface area contributed by atoms with Crippen LogP contribution >= 0.6 is 27.5 Å². The highest BCUT2D eigenvalue weighted by Gasteiger charge is 2.28. The number of carbonyl (C=O) groups excluding carboxylic acids is 1. The van der Waals surface area contributed by atoms with Gasteiger partial charge in [-0.1, -0.05) is 22.0 Å². The van der Waals surface area contributed by atoms with Gasteiger partial charge >= 0.3 is 0 Å². The fraction of sp³-hybridized carbons (Fsp3) is 0.500. The van der Waals surface area contributed by atoms with Crippen molar-refractivity contribution in [1.82, 2.24) is 4.90 Å². The van der Waals surface area contributed by atoms with Crippen LogP contribution in [-0.2, 0) is 0 Å². The zero-order valence-corrected chi connectivity index (χ0v) is 12.8. The van der Waals surface area contributed by atoms with Crippen molar-refractivity contribution >= 4 is 33.4 Å². The van der Waals surface area contributed by atoms with Crippen LogP contribution in [0.1, 0.15) is 35.2 Å². The molecule has 1 fully saturated rings. The van der Waals surface area contributed by atoms with Gasteiger partial charge < -0.3 is 4.90 Å². The summed E-state index contributed by atoms with van der Waals surface area (Å²) in [5.41, 5.74) is 1.88. The average molecular weight is 331 g/mol. The highest BCUT2D eigenvalue weighted by atomic mass is 79.9. The molecule has 1 saturated carbocycles. The molecule has 2 rings (SSSR count). The van der Waals surface area contributed by atoms with Gasteiger partial charge in [-0.15, -0.1) is 11.6 Å². The van der Waals surface area contributed by atoms with Crippen molar-refractivity contribution in [3.05, 3.63) is 33.8 Å². The van der Waals surface area contributed by atoms with Crippen LogP contribution in [0.15, 0.2) is 22.7 Å². The van der Waals surface area contributed by atoms with Gasteiger partial charge in [-0.25, -0.2) is 0 Å². The van der Waals surface area contributed by atoms with Gasteiger partial charge in [0.25, 0.3) is 5.91 Å². The maximum absolute atomic E-state index is 12.5. The lowest BCUT2D eigenvalue weighted by molar-refractivity contribution is 0.0598. The van der Waals surface area contributed by atoms with Crippen LogP contribution in [0.5, 0.6) is 0 Å². The first-order chi connectivity index (χ1) is 8.63. The standard InChI is InChI=1S/C14H17BrClNO/c1-10-5-6-11(9-13(10)15)14(18)17(8-7-16)12-3-2-4-12/h5-6,9,12H,2-4,7-8H2,1H3. The third kappa shape index (κ3) is 2.89. The van der Waals surface area contributed by atoms with Crippen molar-refractivity contribution in [3.63, 3.8) is 0 Å². The van der Waals surface area contributed by atoms with Gasteiger partial charge in [0.1, 0.15) is 0 Å². The van der Waals surface area contributed by atoms with Crippen LogP contribution in [0, 0.1) is 6.92 Å². The molecule has 0 saturated heterocycles. The summed E-state index contributed by atoms with van der Waals surface area (Å²) in [4.78, 5) is 14.4. The van der Waals surface area contributed by atoms with Crippen LogP contribution in [0.4, 0.5) is 0 Å². The Hall–Kier alpha value is -0.540. The van der Waals surface area contributed by atoms with Gasteiger partial charge in [-0.2, -0.15) is 0 Å². The smallest absolute Gasteiger partial charge is 0.254 e. The topological polar surface area (TPSA) is 20.3 Å². The summed E-state index contributed by atoms with van der Waals surface area (Å²) >= 11 is 9.28. The maximum atomic E-state index is 12.5. The third-order valence-electron chi connectivity index (χ3n) is 3.52. The number of alkyl halides is 1. The quantitative estimate of drug-likeness (QED) is 0.764. The minimum atomic E-state index is 0.0982. The van der Waals surface area contributed by atoms with E-state index in [1.807, 2.05) is 30.0 Å². The normalized spacial score (nSPS) is 15.3. The van der Waals surface area contributed by atoms with Crippen LogP contribution in [-0.4, -0.2) is 29.3 Å². The fourth-order valence-corrected chi connectivity index (χ4v) is 2.69. The summed E-state index contributed by atoms with van der Waals surface area (Å²) in [6, 6.07) is 6.15. The highest BCUT2D eigenvalue weighted by molar-refractivity contribution is 9.10. The molecule has 0 N–H and O–H groups in total. The van der Waals surface area contributed by atoms with E-state index in [-0.39, 0.29) is 5.91 Å². The first-order valence-electron chi connectivity index (χ1n) is 6.26. The molecule has 18 heavy (non-hydrogen) atoms. The number of rotatable bonds is 4. The van der Waals surface area contributed by atoms with E-state index >= 15 is 0 Å². The van der Waals surface area contributed by atoms with E-state index < -0.39 is 0 Å². The van der Waals surface area contributed by atoms with E-state index in [4.69, 9.17) is 11.6 Å². The Labute approximate surface area is 121 Å². The first kappa shape index (κ1) is 13.9. The summed E-state index contributed by atoms with van der Waals surface area (Å²) in [6.07, 6.45) is 3.43. The Bertz CT molecular complexity index is 445. The van der Waals surface area contributed by atoms with Gasteiger partial charge in [0.15, 0.2) is 0 Å². The molecule has 4 heteroatoms. The largest absolute Gasteiger partial charge is 0.334 e. The highest BCUT2D eigenvalue weighted by Crippen LogP contribution is 2.27. The molecule has 1 aliphatic carbocycles. The number of nitrogens with zero attached hydrogens (tertiary/aromatic N) is 1. The Balaban J connectivity index is 2.18. The van der Waals surface area contributed by atoms with Crippen molar-refractivity contribution in [1.29, 1.82) is 0 Å². The molecule has 0 atom stereocenters. The molecule has 0 aliphatic heterocycles. The number of hydrogen-bond donors (Lipinski definition) is 0. The molecule has 0 spiro atoms. The Morgan fingerprint density at radius 2 is 2.22 bits per heavy atom. The molecule has 0 unspecified atom stereocenters. The second kappa shape index (κ2) is 6.07. The fourth-order valence-electron chi connectivity index (χ4n) is 2.13. The molecular weight excluding hydrogens is 314 g/mol. The minimum Gasteiger partial charge on any atom is -0.334 e. The number of amides is 1. The SMILES string of the molecule is Cc1ccc(C(=O)N(CCCl)C2CCC2)cc1Br. The summed E-state index contributed by atoms with van der Waals surface area (Å²) in [5, 5.41) is 0. The van der Waals surface area contributed by atoms with E-state index in [1.54, 1.807) is 0 Å². The molecule has 0 aromatic heterocycles. The molecule has 2 nitrogen and oxygen atoms in total. The zero-order valence-electron chi connectivity index (χ0n) is 10.5. The number of hydrogen-bond acceptors (Lipinski definition) is 1. The van der Waals surface area contributed by atoms with Crippen molar-refractivity contribution in [3.8, 4) is 0 Å². The minimum absolute atomic E-state index is 0.0982. The van der Waals surface area contributed by atoms with Crippen molar-refractivity contribution in [2.75, 3.05) is 12.4 Å². The monoisotopic (exact) mass is 329 g/mol. The Morgan fingerprint density at radius 3 is 2.72 bits per heavy atom. The van der Waals surface area contributed by atoms with Gasteiger partial charge in [0, 0.05) is 28.5 Å². The zero-order chi connectivity index (χ0) is 13.1. The van der Waals surface area contributed by atoms with E-state index in [1.165, 1.54) is 6.42 Å². The summed E-state index contributed by atoms with van der Waals surface area (Å²) < 4.78 is 0.979. The van der Waals surface area contributed by atoms with Crippen LogP contribution in [0.2, 0.25) is 0 Å². The van der Waals surface area contributed by atoms with Crippen molar-refractivity contribution in [2.24, 2.45) is 0 Å². The average Bonchev–Trinajstić information content (AvgIpc) is 2.29. The van der Waals surface area contributed by atoms with Crippen molar-refractivity contribution < 1.29 is 4.79 Å². The van der Waals surface area contributed by atoms with Crippen LogP contribution in [0.3, 0.4) is 0 Å². The Kier molecular flexibility index (Phi) is 4.68. The number of carbonyl (C=O) groups is 1. The predicted molar refractivity (Wildman–Crippen MR) is 78.3 cm³/mol. The molecule has 0 radical (unpaired) electrons. The number of halogens is 2. The lowest BCUT2D eigenvalue weighted by Gasteiger charge is -2.37. The molecule has 0 bridgehead atoms. The maximum Gasteiger partial charge on any atom is 0.254 e. The summed E-state index contributed by atoms with van der Waals surface area (Å²) in [7, 11) is 0. The second-order valence-electron chi connectivity index (χ2n) is 4.74. The predicted octanol–water partition coefficient (Wildman–Crippen LogP) is 3.99. The summed E-state index contributed by atoms with van der Waals surface area (Å²) in [6.45, 7) is 2.65. The van der Waals surface area contributed by atoms with E-state index in [9.17, 15) is 4.79 Å². The number of aryl methyl sites for hydroxylation is 1. The van der Waals surface area contributed by atoms with Gasteiger partial charge in [0.2, 0.25) is 0 Å². The molecule has 98 valence electrons. The molecule has 1 aliphatic rings. The molecule has 1 aromatic rings. The lowest BCUT2D eigenvalue weighted by Crippen LogP contribution is -2.45. The first-order valence-corrected chi connectivity index (χ1v) is 7.59. The molecule has 1 aromatic carbocycles. The third-order valence-corrected chi connectivity index (χ3v) is 4.54. The Morgan fingerprint density at radius 1 is 1.50 bits per heavy atom. The molecular formula is C14H17BrClNO. The van der Waals surface area contributed by atoms with Crippen molar-refractivity contribution in [2.45, 2.75) is 32.2 Å². The van der Waals surface area contributed by atoms with E-state index in [2.05, 4.69) is 15.9 Å². The summed E-state index contributed by atoms with van der Waals surface area (Å²) in [5.74, 6) is 0.594. The molecule has 0 heterocycles. The molecule has 1 amide bonds. The van der Waals surface area contributed by atoms with Gasteiger partial charge in [-0.3, -0.25) is 4.79 Å².